The Bertz CT molecular complexity index is 430. The summed E-state index contributed by atoms with van der Waals surface area (Å²) >= 11 is 1.58. The van der Waals surface area contributed by atoms with E-state index in [1.54, 1.807) is 11.3 Å². The van der Waals surface area contributed by atoms with Gasteiger partial charge in [-0.15, -0.1) is 11.3 Å². The van der Waals surface area contributed by atoms with Crippen LogP contribution in [0.1, 0.15) is 19.0 Å². The van der Waals surface area contributed by atoms with Crippen molar-refractivity contribution in [3.8, 4) is 0 Å². The number of piperazine rings is 1. The molecule has 2 heterocycles. The van der Waals surface area contributed by atoms with Gasteiger partial charge in [0.1, 0.15) is 0 Å². The number of rotatable bonds is 6. The second-order valence-corrected chi connectivity index (χ2v) is 5.71. The maximum Gasteiger partial charge on any atom is 0.306 e. The second-order valence-electron chi connectivity index (χ2n) is 4.85. The molecule has 0 saturated carbocycles. The van der Waals surface area contributed by atoms with Crippen LogP contribution in [0.2, 0.25) is 0 Å². The summed E-state index contributed by atoms with van der Waals surface area (Å²) in [6, 6.07) is 0. The van der Waals surface area contributed by atoms with Gasteiger partial charge in [0, 0.05) is 38.0 Å². The topological polar surface area (TPSA) is 57.7 Å². The quantitative estimate of drug-likeness (QED) is 0.797. The lowest BCUT2D eigenvalue weighted by atomic mass is 10.2. The molecule has 0 unspecified atom stereocenters. The summed E-state index contributed by atoms with van der Waals surface area (Å²) in [6.45, 7) is 6.37. The predicted octanol–water partition coefficient (Wildman–Crippen LogP) is 1.21. The second kappa shape index (κ2) is 7.56. The van der Waals surface area contributed by atoms with E-state index in [1.807, 2.05) is 12.3 Å². The maximum atomic E-state index is 11.3. The van der Waals surface area contributed by atoms with E-state index in [2.05, 4.69) is 27.4 Å². The van der Waals surface area contributed by atoms with Gasteiger partial charge in [0.15, 0.2) is 5.13 Å². The summed E-state index contributed by atoms with van der Waals surface area (Å²) in [5.74, 6) is -0.158. The predicted molar refractivity (Wildman–Crippen MR) is 79.8 cm³/mol. The van der Waals surface area contributed by atoms with E-state index in [4.69, 9.17) is 4.74 Å². The van der Waals surface area contributed by atoms with E-state index in [0.29, 0.717) is 19.4 Å². The van der Waals surface area contributed by atoms with Gasteiger partial charge in [0.05, 0.1) is 18.7 Å². The molecule has 1 aliphatic heterocycles. The maximum absolute atomic E-state index is 11.3. The molecule has 1 saturated heterocycles. The minimum atomic E-state index is -0.158. The molecule has 6 nitrogen and oxygen atoms in total. The molecule has 0 radical (unpaired) electrons. The van der Waals surface area contributed by atoms with Crippen LogP contribution in [-0.2, 0) is 16.0 Å². The molecule has 7 heteroatoms. The van der Waals surface area contributed by atoms with Crippen molar-refractivity contribution >= 4 is 22.4 Å². The number of hydrogen-bond acceptors (Lipinski definition) is 7. The van der Waals surface area contributed by atoms with Crippen LogP contribution < -0.4 is 5.43 Å². The van der Waals surface area contributed by atoms with E-state index >= 15 is 0 Å². The van der Waals surface area contributed by atoms with Crippen LogP contribution in [0.4, 0.5) is 5.13 Å². The van der Waals surface area contributed by atoms with Crippen molar-refractivity contribution in [1.82, 2.24) is 14.9 Å². The molecule has 0 atom stereocenters. The van der Waals surface area contributed by atoms with Gasteiger partial charge < -0.3 is 9.64 Å². The minimum Gasteiger partial charge on any atom is -0.466 e. The van der Waals surface area contributed by atoms with Crippen molar-refractivity contribution in [2.75, 3.05) is 45.3 Å². The monoisotopic (exact) mass is 298 g/mol. The average molecular weight is 298 g/mol. The molecule has 1 N–H and O–H groups in total. The van der Waals surface area contributed by atoms with Gasteiger partial charge in [-0.05, 0) is 14.0 Å². The van der Waals surface area contributed by atoms with E-state index in [9.17, 15) is 4.79 Å². The van der Waals surface area contributed by atoms with Gasteiger partial charge in [0.25, 0.3) is 0 Å². The van der Waals surface area contributed by atoms with Crippen LogP contribution in [0.15, 0.2) is 5.38 Å². The Morgan fingerprint density at radius 1 is 1.45 bits per heavy atom. The zero-order valence-corrected chi connectivity index (χ0v) is 12.9. The minimum absolute atomic E-state index is 0.158. The summed E-state index contributed by atoms with van der Waals surface area (Å²) in [7, 11) is 2.13. The number of hydrogen-bond donors (Lipinski definition) is 1. The Morgan fingerprint density at radius 2 is 2.20 bits per heavy atom. The Labute approximate surface area is 123 Å². The fourth-order valence-corrected chi connectivity index (χ4v) is 2.76. The summed E-state index contributed by atoms with van der Waals surface area (Å²) in [6.07, 6.45) is 1.03. The third-order valence-electron chi connectivity index (χ3n) is 3.20. The third kappa shape index (κ3) is 4.73. The normalized spacial score (nSPS) is 17.1. The Kier molecular flexibility index (Phi) is 5.75. The number of anilines is 1. The molecule has 0 bridgehead atoms. The number of carbonyl (C=O) groups is 1. The number of hydrazine groups is 1. The van der Waals surface area contributed by atoms with Gasteiger partial charge in [-0.1, -0.05) is 0 Å². The van der Waals surface area contributed by atoms with E-state index < -0.39 is 0 Å². The first-order chi connectivity index (χ1) is 9.67. The third-order valence-corrected chi connectivity index (χ3v) is 4.00. The number of likely N-dealkylation sites (N-methyl/N-ethyl adjacent to an activating group) is 1. The molecule has 20 heavy (non-hydrogen) atoms. The van der Waals surface area contributed by atoms with Crippen LogP contribution in [-0.4, -0.2) is 60.7 Å². The number of nitrogens with one attached hydrogen (secondary N) is 1. The molecule has 2 rings (SSSR count). The zero-order chi connectivity index (χ0) is 14.4. The molecule has 0 aliphatic carbocycles. The van der Waals surface area contributed by atoms with Crippen molar-refractivity contribution in [3.63, 3.8) is 0 Å². The molecule has 1 aromatic rings. The number of aryl methyl sites for hydroxylation is 1. The molecule has 0 spiro atoms. The van der Waals surface area contributed by atoms with Crippen molar-refractivity contribution in [3.05, 3.63) is 11.1 Å². The van der Waals surface area contributed by atoms with E-state index in [0.717, 1.165) is 37.0 Å². The van der Waals surface area contributed by atoms with Crippen LogP contribution in [0.25, 0.3) is 0 Å². The molecule has 1 fully saturated rings. The Balaban J connectivity index is 1.76. The highest BCUT2D eigenvalue weighted by atomic mass is 32.1. The highest BCUT2D eigenvalue weighted by Crippen LogP contribution is 2.17. The van der Waals surface area contributed by atoms with Gasteiger partial charge in [-0.2, -0.15) is 0 Å². The van der Waals surface area contributed by atoms with Crippen LogP contribution >= 0.6 is 11.3 Å². The van der Waals surface area contributed by atoms with Crippen molar-refractivity contribution < 1.29 is 9.53 Å². The first kappa shape index (κ1) is 15.2. The number of carbonyl (C=O) groups excluding carboxylic acids is 1. The van der Waals surface area contributed by atoms with Gasteiger partial charge in [0.2, 0.25) is 0 Å². The van der Waals surface area contributed by atoms with Crippen molar-refractivity contribution in [1.29, 1.82) is 0 Å². The summed E-state index contributed by atoms with van der Waals surface area (Å²) in [5, 5.41) is 5.08. The highest BCUT2D eigenvalue weighted by molar-refractivity contribution is 7.13. The number of ether oxygens (including phenoxy) is 1. The fourth-order valence-electron chi connectivity index (χ4n) is 1.99. The Hall–Kier alpha value is -1.18. The Morgan fingerprint density at radius 3 is 2.90 bits per heavy atom. The number of aromatic nitrogens is 1. The van der Waals surface area contributed by atoms with Crippen LogP contribution in [0, 0.1) is 0 Å². The largest absolute Gasteiger partial charge is 0.466 e. The number of nitrogens with zero attached hydrogens (tertiary/aromatic N) is 3. The molecule has 112 valence electrons. The lowest BCUT2D eigenvalue weighted by Gasteiger charge is -2.32. The molecule has 1 aliphatic rings. The standard InChI is InChI=1S/C13H22N4O2S/c1-3-19-12(18)5-4-11-10-20-13(14-11)15-17-8-6-16(2)7-9-17/h10H,3-9H2,1-2H3,(H,14,15). The number of thiazole rings is 1. The van der Waals surface area contributed by atoms with E-state index in [-0.39, 0.29) is 5.97 Å². The van der Waals surface area contributed by atoms with Gasteiger partial charge in [-0.25, -0.2) is 9.99 Å². The van der Waals surface area contributed by atoms with Gasteiger partial charge in [-0.3, -0.25) is 10.2 Å². The van der Waals surface area contributed by atoms with Crippen molar-refractivity contribution in [2.24, 2.45) is 0 Å². The van der Waals surface area contributed by atoms with Crippen LogP contribution in [0.5, 0.6) is 0 Å². The smallest absolute Gasteiger partial charge is 0.306 e. The lowest BCUT2D eigenvalue weighted by molar-refractivity contribution is -0.143. The number of esters is 1. The average Bonchev–Trinajstić information content (AvgIpc) is 2.87. The molecule has 0 amide bonds. The SMILES string of the molecule is CCOC(=O)CCc1csc(NN2CCN(C)CC2)n1. The molecular formula is C13H22N4O2S. The zero-order valence-electron chi connectivity index (χ0n) is 12.1. The first-order valence-electron chi connectivity index (χ1n) is 6.97. The molecular weight excluding hydrogens is 276 g/mol. The van der Waals surface area contributed by atoms with Crippen LogP contribution in [0.3, 0.4) is 0 Å². The summed E-state index contributed by atoms with van der Waals surface area (Å²) < 4.78 is 4.91. The molecule has 1 aromatic heterocycles. The first-order valence-corrected chi connectivity index (χ1v) is 7.85. The lowest BCUT2D eigenvalue weighted by Crippen LogP contribution is -2.46. The summed E-state index contributed by atoms with van der Waals surface area (Å²) in [4.78, 5) is 18.1. The molecule has 0 aromatic carbocycles. The van der Waals surface area contributed by atoms with E-state index in [1.165, 1.54) is 0 Å². The van der Waals surface area contributed by atoms with Gasteiger partial charge >= 0.3 is 5.97 Å². The highest BCUT2D eigenvalue weighted by Gasteiger charge is 2.14. The summed E-state index contributed by atoms with van der Waals surface area (Å²) in [5.41, 5.74) is 4.28. The fraction of sp³-hybridized carbons (Fsp3) is 0.692. The van der Waals surface area contributed by atoms with Crippen molar-refractivity contribution in [2.45, 2.75) is 19.8 Å².